The predicted octanol–water partition coefficient (Wildman–Crippen LogP) is 3.70. The highest BCUT2D eigenvalue weighted by Crippen LogP contribution is 2.21. The molecular formula is C18H19N5O2S. The quantitative estimate of drug-likeness (QED) is 0.643. The number of hydrogen-bond acceptors (Lipinski definition) is 6. The summed E-state index contributed by atoms with van der Waals surface area (Å²) in [5, 5.41) is 13.6. The fraction of sp³-hybridized carbons (Fsp3) is 0.222. The first-order chi connectivity index (χ1) is 12.5. The summed E-state index contributed by atoms with van der Waals surface area (Å²) < 4.78 is 4.93. The van der Waals surface area contributed by atoms with E-state index in [0.29, 0.717) is 22.6 Å². The molecule has 0 aliphatic carbocycles. The lowest BCUT2D eigenvalue weighted by Crippen LogP contribution is -2.22. The molecule has 0 radical (unpaired) electrons. The van der Waals surface area contributed by atoms with Crippen LogP contribution in [0.25, 0.3) is 12.2 Å². The molecule has 2 aromatic heterocycles. The molecule has 0 aliphatic rings. The molecule has 0 aliphatic heterocycles. The van der Waals surface area contributed by atoms with E-state index >= 15 is 0 Å². The summed E-state index contributed by atoms with van der Waals surface area (Å²) in [7, 11) is 0. The van der Waals surface area contributed by atoms with Crippen LogP contribution in [-0.4, -0.2) is 31.5 Å². The molecule has 0 bridgehead atoms. The summed E-state index contributed by atoms with van der Waals surface area (Å²) in [5.41, 5.74) is 2.31. The monoisotopic (exact) mass is 369 g/mol. The Morgan fingerprint density at radius 2 is 2.12 bits per heavy atom. The fourth-order valence-electron chi connectivity index (χ4n) is 2.19. The molecule has 7 nitrogen and oxygen atoms in total. The molecule has 26 heavy (non-hydrogen) atoms. The van der Waals surface area contributed by atoms with Crippen molar-refractivity contribution in [3.05, 3.63) is 53.0 Å². The number of benzene rings is 1. The number of anilines is 1. The normalized spacial score (nSPS) is 12.4. The number of aromatic nitrogens is 4. The Kier molecular flexibility index (Phi) is 5.52. The standard InChI is InChI=1S/C18H19N5O2S/c1-11-6-4-5-7-14(11)8-9-15-20-18(22-21-15)26-13(3)17(24)19-16-10-12(2)25-23-16/h4-10,13H,1-3H3,(H,19,23,24)(H,20,21,22)/b9-8+. The maximum atomic E-state index is 12.2. The van der Waals surface area contributed by atoms with E-state index in [4.69, 9.17) is 4.52 Å². The van der Waals surface area contributed by atoms with Crippen LogP contribution in [0.3, 0.4) is 0 Å². The Hall–Kier alpha value is -2.87. The van der Waals surface area contributed by atoms with Gasteiger partial charge in [-0.3, -0.25) is 9.89 Å². The number of aromatic amines is 1. The highest BCUT2D eigenvalue weighted by atomic mass is 32.2. The van der Waals surface area contributed by atoms with Gasteiger partial charge in [-0.1, -0.05) is 47.3 Å². The Bertz CT molecular complexity index is 931. The van der Waals surface area contributed by atoms with E-state index in [-0.39, 0.29) is 11.2 Å². The minimum absolute atomic E-state index is 0.190. The molecule has 1 aromatic carbocycles. The number of carbonyl (C=O) groups is 1. The lowest BCUT2D eigenvalue weighted by molar-refractivity contribution is -0.115. The lowest BCUT2D eigenvalue weighted by atomic mass is 10.1. The molecule has 0 saturated heterocycles. The third kappa shape index (κ3) is 4.60. The third-order valence-electron chi connectivity index (χ3n) is 3.62. The number of hydrogen-bond donors (Lipinski definition) is 2. The van der Waals surface area contributed by atoms with Crippen molar-refractivity contribution < 1.29 is 9.32 Å². The molecule has 3 aromatic rings. The number of carbonyl (C=O) groups excluding carboxylic acids is 1. The van der Waals surface area contributed by atoms with E-state index < -0.39 is 0 Å². The average Bonchev–Trinajstić information content (AvgIpc) is 3.23. The van der Waals surface area contributed by atoms with Crippen molar-refractivity contribution in [1.82, 2.24) is 20.3 Å². The largest absolute Gasteiger partial charge is 0.360 e. The van der Waals surface area contributed by atoms with Crippen LogP contribution in [0.1, 0.15) is 29.6 Å². The first-order valence-corrected chi connectivity index (χ1v) is 8.96. The van der Waals surface area contributed by atoms with Gasteiger partial charge in [-0.25, -0.2) is 4.98 Å². The van der Waals surface area contributed by atoms with E-state index in [1.165, 1.54) is 17.3 Å². The predicted molar refractivity (Wildman–Crippen MR) is 102 cm³/mol. The zero-order valence-corrected chi connectivity index (χ0v) is 15.5. The number of amides is 1. The summed E-state index contributed by atoms with van der Waals surface area (Å²) in [6.07, 6.45) is 3.84. The van der Waals surface area contributed by atoms with E-state index in [2.05, 4.69) is 38.6 Å². The van der Waals surface area contributed by atoms with Gasteiger partial charge in [-0.15, -0.1) is 5.10 Å². The smallest absolute Gasteiger partial charge is 0.238 e. The second-order valence-electron chi connectivity index (χ2n) is 5.77. The summed E-state index contributed by atoms with van der Waals surface area (Å²) in [5.74, 6) is 1.48. The molecular weight excluding hydrogens is 350 g/mol. The van der Waals surface area contributed by atoms with Crippen molar-refractivity contribution in [1.29, 1.82) is 0 Å². The highest BCUT2D eigenvalue weighted by Gasteiger charge is 2.18. The number of H-pyrrole nitrogens is 1. The summed E-state index contributed by atoms with van der Waals surface area (Å²) in [4.78, 5) is 16.6. The van der Waals surface area contributed by atoms with Crippen LogP contribution in [0.15, 0.2) is 40.0 Å². The summed E-state index contributed by atoms with van der Waals surface area (Å²) in [6.45, 7) is 5.60. The van der Waals surface area contributed by atoms with Crippen LogP contribution in [-0.2, 0) is 4.79 Å². The Morgan fingerprint density at radius 3 is 2.85 bits per heavy atom. The number of rotatable bonds is 6. The SMILES string of the molecule is Cc1cc(NC(=O)C(C)Sc2n[nH]c(/C=C/c3ccccc3C)n2)no1. The first kappa shape index (κ1) is 17.9. The Balaban J connectivity index is 1.59. The molecule has 8 heteroatoms. The van der Waals surface area contributed by atoms with Gasteiger partial charge in [0.25, 0.3) is 0 Å². The molecule has 0 saturated carbocycles. The minimum Gasteiger partial charge on any atom is -0.360 e. The van der Waals surface area contributed by atoms with Crippen molar-refractivity contribution >= 4 is 35.6 Å². The Morgan fingerprint density at radius 1 is 1.31 bits per heavy atom. The van der Waals surface area contributed by atoms with Gasteiger partial charge in [0.05, 0.1) is 5.25 Å². The van der Waals surface area contributed by atoms with Crippen molar-refractivity contribution in [3.8, 4) is 0 Å². The van der Waals surface area contributed by atoms with Gasteiger partial charge >= 0.3 is 0 Å². The molecule has 2 N–H and O–H groups in total. The molecule has 1 unspecified atom stereocenters. The zero-order valence-electron chi connectivity index (χ0n) is 14.7. The summed E-state index contributed by atoms with van der Waals surface area (Å²) >= 11 is 1.27. The number of thioether (sulfide) groups is 1. The van der Waals surface area contributed by atoms with Crippen LogP contribution in [0.2, 0.25) is 0 Å². The van der Waals surface area contributed by atoms with Gasteiger partial charge < -0.3 is 9.84 Å². The van der Waals surface area contributed by atoms with Crippen molar-refractivity contribution in [2.75, 3.05) is 5.32 Å². The molecule has 3 rings (SSSR count). The molecule has 134 valence electrons. The molecule has 1 amide bonds. The third-order valence-corrected chi connectivity index (χ3v) is 4.58. The summed E-state index contributed by atoms with van der Waals surface area (Å²) in [6, 6.07) is 9.75. The highest BCUT2D eigenvalue weighted by molar-refractivity contribution is 8.00. The minimum atomic E-state index is -0.379. The van der Waals surface area contributed by atoms with Crippen LogP contribution in [0, 0.1) is 13.8 Å². The van der Waals surface area contributed by atoms with Gasteiger partial charge in [0, 0.05) is 6.07 Å². The van der Waals surface area contributed by atoms with Gasteiger partial charge in [0.15, 0.2) is 5.82 Å². The van der Waals surface area contributed by atoms with E-state index in [1.807, 2.05) is 30.4 Å². The maximum Gasteiger partial charge on any atom is 0.238 e. The lowest BCUT2D eigenvalue weighted by Gasteiger charge is -2.07. The van der Waals surface area contributed by atoms with E-state index in [1.54, 1.807) is 19.9 Å². The van der Waals surface area contributed by atoms with Gasteiger partial charge in [-0.2, -0.15) is 0 Å². The zero-order chi connectivity index (χ0) is 18.5. The van der Waals surface area contributed by atoms with Gasteiger partial charge in [0.1, 0.15) is 11.6 Å². The van der Waals surface area contributed by atoms with Gasteiger partial charge in [0.2, 0.25) is 11.1 Å². The fourth-order valence-corrected chi connectivity index (χ4v) is 2.92. The maximum absolute atomic E-state index is 12.2. The second-order valence-corrected chi connectivity index (χ2v) is 7.07. The average molecular weight is 369 g/mol. The van der Waals surface area contributed by atoms with E-state index in [0.717, 1.165) is 5.56 Å². The van der Waals surface area contributed by atoms with E-state index in [9.17, 15) is 4.79 Å². The number of aryl methyl sites for hydroxylation is 2. The topological polar surface area (TPSA) is 96.7 Å². The van der Waals surface area contributed by atoms with Crippen molar-refractivity contribution in [3.63, 3.8) is 0 Å². The number of nitrogens with zero attached hydrogens (tertiary/aromatic N) is 3. The molecule has 0 spiro atoms. The van der Waals surface area contributed by atoms with Crippen LogP contribution < -0.4 is 5.32 Å². The molecule has 1 atom stereocenters. The van der Waals surface area contributed by atoms with Crippen LogP contribution in [0.4, 0.5) is 5.82 Å². The molecule has 0 fully saturated rings. The first-order valence-electron chi connectivity index (χ1n) is 8.08. The van der Waals surface area contributed by atoms with Crippen molar-refractivity contribution in [2.45, 2.75) is 31.2 Å². The van der Waals surface area contributed by atoms with Crippen LogP contribution in [0.5, 0.6) is 0 Å². The number of nitrogens with one attached hydrogen (secondary N) is 2. The van der Waals surface area contributed by atoms with Crippen LogP contribution >= 0.6 is 11.8 Å². The Labute approximate surface area is 155 Å². The molecule has 2 heterocycles. The van der Waals surface area contributed by atoms with Gasteiger partial charge in [-0.05, 0) is 38.0 Å². The van der Waals surface area contributed by atoms with Crippen molar-refractivity contribution in [2.24, 2.45) is 0 Å². The second kappa shape index (κ2) is 8.01.